The molecule has 0 aromatic carbocycles. The Kier molecular flexibility index (Phi) is 1.45. The third-order valence-corrected chi connectivity index (χ3v) is 1.80. The summed E-state index contributed by atoms with van der Waals surface area (Å²) in [5, 5.41) is 12.6. The van der Waals surface area contributed by atoms with Crippen LogP contribution in [0.15, 0.2) is 24.4 Å². The lowest BCUT2D eigenvalue weighted by atomic mass is 10.2. The van der Waals surface area contributed by atoms with Crippen LogP contribution in [0.1, 0.15) is 10.4 Å². The fourth-order valence-corrected chi connectivity index (χ4v) is 1.20. The van der Waals surface area contributed by atoms with Gasteiger partial charge in [-0.15, -0.1) is 0 Å². The van der Waals surface area contributed by atoms with Crippen LogP contribution in [-0.4, -0.2) is 20.7 Å². The first-order valence-corrected chi connectivity index (χ1v) is 3.65. The van der Waals surface area contributed by atoms with Gasteiger partial charge in [-0.05, 0) is 12.1 Å². The van der Waals surface area contributed by atoms with Crippen LogP contribution in [0.3, 0.4) is 0 Å². The molecule has 2 aromatic rings. The predicted molar refractivity (Wildman–Crippen MR) is 46.6 cm³/mol. The minimum Gasteiger partial charge on any atom is -0.478 e. The number of pyridine rings is 1. The monoisotopic (exact) mass is 177 g/mol. The Morgan fingerprint density at radius 2 is 2.31 bits per heavy atom. The molecule has 13 heavy (non-hydrogen) atoms. The molecule has 2 rings (SSSR count). The number of nitrogens with two attached hydrogens (primary N) is 1. The normalized spacial score (nSPS) is 10.5. The molecule has 0 saturated carbocycles. The molecule has 2 heterocycles. The van der Waals surface area contributed by atoms with Gasteiger partial charge in [-0.1, -0.05) is 6.07 Å². The van der Waals surface area contributed by atoms with Crippen molar-refractivity contribution >= 4 is 17.3 Å². The molecule has 0 aliphatic carbocycles. The van der Waals surface area contributed by atoms with E-state index in [1.54, 1.807) is 18.2 Å². The van der Waals surface area contributed by atoms with Crippen molar-refractivity contribution in [3.8, 4) is 0 Å². The molecule has 0 aliphatic heterocycles. The summed E-state index contributed by atoms with van der Waals surface area (Å²) in [5.41, 5.74) is 6.24. The largest absolute Gasteiger partial charge is 0.478 e. The second-order valence-corrected chi connectivity index (χ2v) is 2.61. The molecule has 2 aromatic heterocycles. The zero-order valence-electron chi connectivity index (χ0n) is 6.64. The molecule has 66 valence electrons. The highest BCUT2D eigenvalue weighted by Crippen LogP contribution is 2.13. The molecule has 0 aliphatic rings. The van der Waals surface area contributed by atoms with Crippen LogP contribution in [-0.2, 0) is 0 Å². The summed E-state index contributed by atoms with van der Waals surface area (Å²) in [6, 6.07) is 5.01. The Labute approximate surface area is 73.4 Å². The molecule has 0 spiro atoms. The van der Waals surface area contributed by atoms with Crippen molar-refractivity contribution in [3.63, 3.8) is 0 Å². The van der Waals surface area contributed by atoms with Crippen LogP contribution in [0.4, 0.5) is 5.82 Å². The van der Waals surface area contributed by atoms with Crippen LogP contribution in [0.5, 0.6) is 0 Å². The summed E-state index contributed by atoms with van der Waals surface area (Å²) >= 11 is 0. The summed E-state index contributed by atoms with van der Waals surface area (Å²) in [5.74, 6) is -0.578. The zero-order chi connectivity index (χ0) is 9.42. The number of fused-ring (bicyclic) bond motifs is 1. The Bertz CT molecular complexity index is 475. The number of carboxylic acid groups (broad SMARTS) is 1. The Balaban J connectivity index is 2.83. The first-order valence-electron chi connectivity index (χ1n) is 3.65. The minimum atomic E-state index is -0.999. The van der Waals surface area contributed by atoms with Crippen molar-refractivity contribution in [2.75, 3.05) is 5.73 Å². The first kappa shape index (κ1) is 7.60. The molecule has 0 fully saturated rings. The minimum absolute atomic E-state index is 0.160. The molecule has 0 unspecified atom stereocenters. The van der Waals surface area contributed by atoms with Gasteiger partial charge in [0, 0.05) is 0 Å². The van der Waals surface area contributed by atoms with Crippen molar-refractivity contribution in [3.05, 3.63) is 30.0 Å². The van der Waals surface area contributed by atoms with Crippen molar-refractivity contribution in [1.29, 1.82) is 0 Å². The van der Waals surface area contributed by atoms with Crippen molar-refractivity contribution in [1.82, 2.24) is 9.61 Å². The van der Waals surface area contributed by atoms with E-state index in [4.69, 9.17) is 10.8 Å². The van der Waals surface area contributed by atoms with Crippen LogP contribution in [0, 0.1) is 0 Å². The Morgan fingerprint density at radius 3 is 3.00 bits per heavy atom. The summed E-state index contributed by atoms with van der Waals surface area (Å²) in [6.07, 6.45) is 1.29. The summed E-state index contributed by atoms with van der Waals surface area (Å²) in [7, 11) is 0. The molecule has 3 N–H and O–H groups in total. The highest BCUT2D eigenvalue weighted by molar-refractivity contribution is 5.95. The number of rotatable bonds is 1. The van der Waals surface area contributed by atoms with Crippen molar-refractivity contribution in [2.24, 2.45) is 0 Å². The lowest BCUT2D eigenvalue weighted by Gasteiger charge is -1.97. The molecule has 0 radical (unpaired) electrons. The van der Waals surface area contributed by atoms with E-state index < -0.39 is 5.97 Å². The molecule has 0 saturated heterocycles. The number of anilines is 1. The average Bonchev–Trinajstić information content (AvgIpc) is 2.48. The third-order valence-electron chi connectivity index (χ3n) is 1.80. The number of nitrogen functional groups attached to an aromatic ring is 1. The second kappa shape index (κ2) is 2.48. The van der Waals surface area contributed by atoms with E-state index in [2.05, 4.69) is 5.10 Å². The number of hydrogen-bond acceptors (Lipinski definition) is 3. The van der Waals surface area contributed by atoms with E-state index in [1.807, 2.05) is 0 Å². The highest BCUT2D eigenvalue weighted by atomic mass is 16.4. The van der Waals surface area contributed by atoms with Gasteiger partial charge >= 0.3 is 5.97 Å². The van der Waals surface area contributed by atoms with E-state index in [0.717, 1.165) is 0 Å². The lowest BCUT2D eigenvalue weighted by Crippen LogP contribution is -1.99. The highest BCUT2D eigenvalue weighted by Gasteiger charge is 2.10. The fourth-order valence-electron chi connectivity index (χ4n) is 1.20. The van der Waals surface area contributed by atoms with E-state index in [0.29, 0.717) is 11.3 Å². The molecule has 0 amide bonds. The van der Waals surface area contributed by atoms with E-state index in [-0.39, 0.29) is 5.56 Å². The molecular weight excluding hydrogens is 170 g/mol. The van der Waals surface area contributed by atoms with Gasteiger partial charge < -0.3 is 10.8 Å². The van der Waals surface area contributed by atoms with Crippen LogP contribution in [0.2, 0.25) is 0 Å². The van der Waals surface area contributed by atoms with Crippen LogP contribution >= 0.6 is 0 Å². The maximum Gasteiger partial charge on any atom is 0.339 e. The molecule has 5 nitrogen and oxygen atoms in total. The summed E-state index contributed by atoms with van der Waals surface area (Å²) in [4.78, 5) is 10.7. The summed E-state index contributed by atoms with van der Waals surface area (Å²) in [6.45, 7) is 0. The molecule has 0 bridgehead atoms. The SMILES string of the molecule is Nc1cccc2c(C(=O)O)cnn12. The third kappa shape index (κ3) is 1.01. The van der Waals surface area contributed by atoms with Gasteiger partial charge in [0.15, 0.2) is 0 Å². The van der Waals surface area contributed by atoms with Crippen LogP contribution in [0.25, 0.3) is 5.52 Å². The first-order chi connectivity index (χ1) is 6.20. The van der Waals surface area contributed by atoms with Gasteiger partial charge in [0.25, 0.3) is 0 Å². The molecule has 0 atom stereocenters. The lowest BCUT2D eigenvalue weighted by molar-refractivity contribution is 0.0699. The Hall–Kier alpha value is -2.04. The van der Waals surface area contributed by atoms with Gasteiger partial charge in [0.2, 0.25) is 0 Å². The number of aromatic carboxylic acids is 1. The second-order valence-electron chi connectivity index (χ2n) is 2.61. The molecule has 5 heteroatoms. The van der Waals surface area contributed by atoms with E-state index >= 15 is 0 Å². The van der Waals surface area contributed by atoms with E-state index in [9.17, 15) is 4.79 Å². The van der Waals surface area contributed by atoms with Gasteiger partial charge in [-0.3, -0.25) is 0 Å². The van der Waals surface area contributed by atoms with Gasteiger partial charge in [-0.25, -0.2) is 9.31 Å². The molecular formula is C8H7N3O2. The topological polar surface area (TPSA) is 80.6 Å². The Morgan fingerprint density at radius 1 is 1.54 bits per heavy atom. The maximum absolute atomic E-state index is 10.7. The van der Waals surface area contributed by atoms with Crippen molar-refractivity contribution < 1.29 is 9.90 Å². The van der Waals surface area contributed by atoms with Crippen molar-refractivity contribution in [2.45, 2.75) is 0 Å². The van der Waals surface area contributed by atoms with E-state index in [1.165, 1.54) is 10.7 Å². The zero-order valence-corrected chi connectivity index (χ0v) is 6.64. The van der Waals surface area contributed by atoms with Gasteiger partial charge in [0.1, 0.15) is 11.4 Å². The predicted octanol–water partition coefficient (Wildman–Crippen LogP) is 0.615. The van der Waals surface area contributed by atoms with Gasteiger partial charge in [-0.2, -0.15) is 5.10 Å². The number of carbonyl (C=O) groups is 1. The number of aromatic nitrogens is 2. The fraction of sp³-hybridized carbons (Fsp3) is 0. The van der Waals surface area contributed by atoms with Gasteiger partial charge in [0.05, 0.1) is 11.7 Å². The number of nitrogens with zero attached hydrogens (tertiary/aromatic N) is 2. The summed E-state index contributed by atoms with van der Waals surface area (Å²) < 4.78 is 1.39. The quantitative estimate of drug-likeness (QED) is 0.668. The number of carboxylic acids is 1. The van der Waals surface area contributed by atoms with Crippen LogP contribution < -0.4 is 5.73 Å². The smallest absolute Gasteiger partial charge is 0.339 e. The number of hydrogen-bond donors (Lipinski definition) is 2. The standard InChI is InChI=1S/C8H7N3O2/c9-7-3-1-2-6-5(8(12)13)4-10-11(6)7/h1-4H,9H2,(H,12,13). The maximum atomic E-state index is 10.7. The average molecular weight is 177 g/mol.